The van der Waals surface area contributed by atoms with Crippen molar-refractivity contribution < 1.29 is 0 Å². The summed E-state index contributed by atoms with van der Waals surface area (Å²) in [5.41, 5.74) is 0. The highest BCUT2D eigenvalue weighted by Gasteiger charge is 2.22. The molecule has 1 aliphatic rings. The first-order valence-corrected chi connectivity index (χ1v) is 8.16. The van der Waals surface area contributed by atoms with Gasteiger partial charge in [-0.1, -0.05) is 47.0 Å². The first-order valence-electron chi connectivity index (χ1n) is 8.16. The van der Waals surface area contributed by atoms with E-state index in [9.17, 15) is 0 Å². The smallest absolute Gasteiger partial charge is 0.0220 e. The van der Waals surface area contributed by atoms with Gasteiger partial charge >= 0.3 is 0 Å². The van der Waals surface area contributed by atoms with Crippen LogP contribution in [0.5, 0.6) is 0 Å². The van der Waals surface area contributed by atoms with Crippen LogP contribution in [-0.4, -0.2) is 37.1 Å². The van der Waals surface area contributed by atoms with E-state index in [0.717, 1.165) is 18.4 Å². The highest BCUT2D eigenvalue weighted by molar-refractivity contribution is 4.80. The average Bonchev–Trinajstić information content (AvgIpc) is 2.40. The van der Waals surface area contributed by atoms with Crippen molar-refractivity contribution in [2.24, 2.45) is 11.8 Å². The summed E-state index contributed by atoms with van der Waals surface area (Å²) >= 11 is 0. The van der Waals surface area contributed by atoms with Crippen molar-refractivity contribution in [2.75, 3.05) is 26.2 Å². The average molecular weight is 254 g/mol. The maximum Gasteiger partial charge on any atom is 0.0220 e. The van der Waals surface area contributed by atoms with Crippen LogP contribution in [0.15, 0.2) is 0 Å². The fourth-order valence-corrected chi connectivity index (χ4v) is 3.14. The number of nitrogens with one attached hydrogen (secondary N) is 1. The second kappa shape index (κ2) is 8.92. The summed E-state index contributed by atoms with van der Waals surface area (Å²) in [5.74, 6) is 1.80. The molecule has 0 radical (unpaired) electrons. The molecule has 1 fully saturated rings. The molecule has 1 aliphatic heterocycles. The predicted octanol–water partition coefficient (Wildman–Crippen LogP) is 3.52. The highest BCUT2D eigenvalue weighted by Crippen LogP contribution is 2.22. The number of piperidine rings is 1. The first-order chi connectivity index (χ1) is 8.71. The molecule has 0 aromatic heterocycles. The van der Waals surface area contributed by atoms with E-state index < -0.39 is 0 Å². The molecule has 2 nitrogen and oxygen atoms in total. The Morgan fingerprint density at radius 1 is 1.17 bits per heavy atom. The quantitative estimate of drug-likeness (QED) is 0.713. The first kappa shape index (κ1) is 16.0. The fourth-order valence-electron chi connectivity index (χ4n) is 3.14. The molecule has 1 saturated heterocycles. The molecule has 0 bridgehead atoms. The van der Waals surface area contributed by atoms with Crippen LogP contribution in [0.4, 0.5) is 0 Å². The van der Waals surface area contributed by atoms with Crippen molar-refractivity contribution in [3.05, 3.63) is 0 Å². The van der Waals surface area contributed by atoms with Crippen molar-refractivity contribution in [1.82, 2.24) is 10.2 Å². The molecule has 0 aromatic rings. The van der Waals surface area contributed by atoms with Crippen molar-refractivity contribution in [3.63, 3.8) is 0 Å². The third kappa shape index (κ3) is 5.27. The Labute approximate surface area is 115 Å². The van der Waals surface area contributed by atoms with Crippen LogP contribution in [0.1, 0.15) is 59.8 Å². The van der Waals surface area contributed by atoms with Crippen molar-refractivity contribution >= 4 is 0 Å². The van der Waals surface area contributed by atoms with Crippen LogP contribution in [0, 0.1) is 11.8 Å². The molecule has 2 heteroatoms. The third-order valence-electron chi connectivity index (χ3n) is 4.66. The molecule has 0 saturated carbocycles. The fraction of sp³-hybridized carbons (Fsp3) is 1.00. The minimum atomic E-state index is 0.683. The summed E-state index contributed by atoms with van der Waals surface area (Å²) < 4.78 is 0. The lowest BCUT2D eigenvalue weighted by atomic mass is 9.91. The van der Waals surface area contributed by atoms with E-state index in [4.69, 9.17) is 0 Å². The number of nitrogens with zero attached hydrogens (tertiary/aromatic N) is 1. The van der Waals surface area contributed by atoms with Gasteiger partial charge in [0.2, 0.25) is 0 Å². The second-order valence-electron chi connectivity index (χ2n) is 6.08. The number of rotatable bonds is 8. The maximum absolute atomic E-state index is 3.68. The summed E-state index contributed by atoms with van der Waals surface area (Å²) in [6.45, 7) is 14.2. The minimum Gasteiger partial charge on any atom is -0.313 e. The monoisotopic (exact) mass is 254 g/mol. The minimum absolute atomic E-state index is 0.683. The maximum atomic E-state index is 3.68. The van der Waals surface area contributed by atoms with Crippen LogP contribution in [0.25, 0.3) is 0 Å². The molecule has 0 spiro atoms. The Kier molecular flexibility index (Phi) is 7.92. The lowest BCUT2D eigenvalue weighted by Crippen LogP contribution is -2.47. The molecule has 1 N–H and O–H groups in total. The SMILES string of the molecule is CCCC1CCN(CC(NCC)C(C)CC)CC1. The van der Waals surface area contributed by atoms with Crippen LogP contribution >= 0.6 is 0 Å². The lowest BCUT2D eigenvalue weighted by molar-refractivity contribution is 0.149. The van der Waals surface area contributed by atoms with Crippen molar-refractivity contribution in [2.45, 2.75) is 65.8 Å². The summed E-state index contributed by atoms with van der Waals surface area (Å²) in [7, 11) is 0. The number of hydrogen-bond donors (Lipinski definition) is 1. The lowest BCUT2D eigenvalue weighted by Gasteiger charge is -2.36. The zero-order valence-corrected chi connectivity index (χ0v) is 13.0. The van der Waals surface area contributed by atoms with Gasteiger partial charge in [-0.25, -0.2) is 0 Å². The molecule has 2 unspecified atom stereocenters. The Morgan fingerprint density at radius 2 is 1.83 bits per heavy atom. The van der Waals surface area contributed by atoms with Crippen molar-refractivity contribution in [3.8, 4) is 0 Å². The summed E-state index contributed by atoms with van der Waals surface area (Å²) in [6.07, 6.45) is 6.93. The summed E-state index contributed by atoms with van der Waals surface area (Å²) in [4.78, 5) is 2.69. The predicted molar refractivity (Wildman–Crippen MR) is 81.0 cm³/mol. The Hall–Kier alpha value is -0.0800. The van der Waals surface area contributed by atoms with E-state index >= 15 is 0 Å². The van der Waals surface area contributed by atoms with Gasteiger partial charge in [-0.05, 0) is 44.3 Å². The van der Waals surface area contributed by atoms with Crippen LogP contribution in [0.3, 0.4) is 0 Å². The van der Waals surface area contributed by atoms with Gasteiger partial charge < -0.3 is 10.2 Å². The molecule has 108 valence electrons. The van der Waals surface area contributed by atoms with E-state index in [1.165, 1.54) is 51.7 Å². The third-order valence-corrected chi connectivity index (χ3v) is 4.66. The molecule has 0 aliphatic carbocycles. The van der Waals surface area contributed by atoms with Crippen LogP contribution in [0.2, 0.25) is 0 Å². The molecule has 0 aromatic carbocycles. The molecule has 1 rings (SSSR count). The summed E-state index contributed by atoms with van der Waals surface area (Å²) in [6, 6.07) is 0.683. The topological polar surface area (TPSA) is 15.3 Å². The van der Waals surface area contributed by atoms with E-state index in [1.807, 2.05) is 0 Å². The van der Waals surface area contributed by atoms with E-state index in [0.29, 0.717) is 6.04 Å². The normalized spacial score (nSPS) is 22.0. The molecular weight excluding hydrogens is 220 g/mol. The molecule has 2 atom stereocenters. The Balaban J connectivity index is 2.32. The van der Waals surface area contributed by atoms with Gasteiger partial charge in [0.15, 0.2) is 0 Å². The van der Waals surface area contributed by atoms with E-state index in [2.05, 4.69) is 37.9 Å². The molecule has 1 heterocycles. The van der Waals surface area contributed by atoms with Gasteiger partial charge in [0.05, 0.1) is 0 Å². The molecule has 0 amide bonds. The summed E-state index contributed by atoms with van der Waals surface area (Å²) in [5, 5.41) is 3.68. The van der Waals surface area contributed by atoms with E-state index in [1.54, 1.807) is 0 Å². The van der Waals surface area contributed by atoms with E-state index in [-0.39, 0.29) is 0 Å². The van der Waals surface area contributed by atoms with Gasteiger partial charge in [-0.3, -0.25) is 0 Å². The Morgan fingerprint density at radius 3 is 2.33 bits per heavy atom. The second-order valence-corrected chi connectivity index (χ2v) is 6.08. The number of hydrogen-bond acceptors (Lipinski definition) is 2. The Bertz CT molecular complexity index is 197. The van der Waals surface area contributed by atoms with Gasteiger partial charge in [0, 0.05) is 12.6 Å². The zero-order chi connectivity index (χ0) is 13.4. The van der Waals surface area contributed by atoms with Crippen LogP contribution < -0.4 is 5.32 Å². The standard InChI is InChI=1S/C16H34N2/c1-5-8-15-9-11-18(12-10-15)13-16(17-7-3)14(4)6-2/h14-17H,5-13H2,1-4H3. The largest absolute Gasteiger partial charge is 0.313 e. The number of likely N-dealkylation sites (N-methyl/N-ethyl adjacent to an activating group) is 1. The van der Waals surface area contributed by atoms with Crippen LogP contribution in [-0.2, 0) is 0 Å². The van der Waals surface area contributed by atoms with Gasteiger partial charge in [-0.2, -0.15) is 0 Å². The number of likely N-dealkylation sites (tertiary alicyclic amines) is 1. The highest BCUT2D eigenvalue weighted by atomic mass is 15.2. The zero-order valence-electron chi connectivity index (χ0n) is 13.0. The van der Waals surface area contributed by atoms with Gasteiger partial charge in [-0.15, -0.1) is 0 Å². The van der Waals surface area contributed by atoms with Gasteiger partial charge in [0.1, 0.15) is 0 Å². The molecule has 18 heavy (non-hydrogen) atoms. The van der Waals surface area contributed by atoms with Crippen molar-refractivity contribution in [1.29, 1.82) is 0 Å². The molecular formula is C16H34N2. The van der Waals surface area contributed by atoms with Gasteiger partial charge in [0.25, 0.3) is 0 Å².